The molecule has 112 valence electrons. The normalized spacial score (nSPS) is 26.5. The number of rotatable bonds is 5. The zero-order valence-corrected chi connectivity index (χ0v) is 12.7. The fraction of sp³-hybridized carbons (Fsp3) is 1.00. The molecule has 3 N–H and O–H groups in total. The van der Waals surface area contributed by atoms with Crippen molar-refractivity contribution in [3.05, 3.63) is 0 Å². The first-order chi connectivity index (χ1) is 9.08. The highest BCUT2D eigenvalue weighted by Gasteiger charge is 2.35. The molecule has 3 heteroatoms. The van der Waals surface area contributed by atoms with E-state index in [9.17, 15) is 5.11 Å². The molecule has 0 atom stereocenters. The summed E-state index contributed by atoms with van der Waals surface area (Å²) in [5.41, 5.74) is 5.99. The molecular formula is C16H32N2O. The van der Waals surface area contributed by atoms with Gasteiger partial charge in [0.1, 0.15) is 0 Å². The van der Waals surface area contributed by atoms with Gasteiger partial charge in [0, 0.05) is 13.1 Å². The van der Waals surface area contributed by atoms with Crippen LogP contribution in [0.3, 0.4) is 0 Å². The summed E-state index contributed by atoms with van der Waals surface area (Å²) in [6, 6.07) is 0. The smallest absolute Gasteiger partial charge is 0.0774 e. The molecule has 2 saturated carbocycles. The number of hydrogen-bond donors (Lipinski definition) is 2. The van der Waals surface area contributed by atoms with Gasteiger partial charge in [-0.15, -0.1) is 0 Å². The van der Waals surface area contributed by atoms with Crippen molar-refractivity contribution in [2.24, 2.45) is 11.1 Å². The molecule has 2 aliphatic carbocycles. The van der Waals surface area contributed by atoms with E-state index in [-0.39, 0.29) is 0 Å². The van der Waals surface area contributed by atoms with Crippen molar-refractivity contribution in [3.63, 3.8) is 0 Å². The predicted octanol–water partition coefficient (Wildman–Crippen LogP) is 2.52. The fourth-order valence-corrected chi connectivity index (χ4v) is 4.23. The predicted molar refractivity (Wildman–Crippen MR) is 80.1 cm³/mol. The molecular weight excluding hydrogens is 236 g/mol. The molecule has 2 aliphatic rings. The molecule has 0 aromatic carbocycles. The van der Waals surface area contributed by atoms with E-state index in [0.717, 1.165) is 32.5 Å². The van der Waals surface area contributed by atoms with Crippen LogP contribution in [0.15, 0.2) is 0 Å². The number of hydrogen-bond acceptors (Lipinski definition) is 3. The zero-order valence-electron chi connectivity index (χ0n) is 12.7. The Bertz CT molecular complexity index is 266. The average Bonchev–Trinajstić information content (AvgIpc) is 2.65. The third kappa shape index (κ3) is 4.17. The fourth-order valence-electron chi connectivity index (χ4n) is 4.23. The van der Waals surface area contributed by atoms with Crippen molar-refractivity contribution in [3.8, 4) is 0 Å². The van der Waals surface area contributed by atoms with E-state index in [0.29, 0.717) is 5.41 Å². The summed E-state index contributed by atoms with van der Waals surface area (Å²) >= 11 is 0. The Labute approximate surface area is 118 Å². The van der Waals surface area contributed by atoms with Gasteiger partial charge in [-0.25, -0.2) is 0 Å². The standard InChI is InChI=1S/C16H32N2O/c1-18(14-16(19)10-6-7-11-16)13-15(12-17)8-4-2-3-5-9-15/h19H,2-14,17H2,1H3. The molecule has 2 fully saturated rings. The van der Waals surface area contributed by atoms with Crippen LogP contribution < -0.4 is 5.73 Å². The van der Waals surface area contributed by atoms with Gasteiger partial charge in [0.2, 0.25) is 0 Å². The van der Waals surface area contributed by atoms with Crippen molar-refractivity contribution >= 4 is 0 Å². The van der Waals surface area contributed by atoms with Crippen LogP contribution in [-0.2, 0) is 0 Å². The lowest BCUT2D eigenvalue weighted by Gasteiger charge is -2.38. The van der Waals surface area contributed by atoms with Gasteiger partial charge in [0.25, 0.3) is 0 Å². The Kier molecular flexibility index (Phi) is 5.27. The number of aliphatic hydroxyl groups is 1. The van der Waals surface area contributed by atoms with Crippen molar-refractivity contribution in [1.29, 1.82) is 0 Å². The molecule has 2 rings (SSSR count). The second-order valence-electron chi connectivity index (χ2n) is 7.22. The number of likely N-dealkylation sites (N-methyl/N-ethyl adjacent to an activating group) is 1. The summed E-state index contributed by atoms with van der Waals surface area (Å²) in [4.78, 5) is 2.35. The monoisotopic (exact) mass is 268 g/mol. The van der Waals surface area contributed by atoms with Crippen molar-refractivity contribution in [1.82, 2.24) is 4.90 Å². The second-order valence-corrected chi connectivity index (χ2v) is 7.22. The largest absolute Gasteiger partial charge is 0.389 e. The van der Waals surface area contributed by atoms with E-state index in [2.05, 4.69) is 11.9 Å². The van der Waals surface area contributed by atoms with E-state index in [4.69, 9.17) is 5.73 Å². The molecule has 0 amide bonds. The third-order valence-corrected chi connectivity index (χ3v) is 5.30. The van der Waals surface area contributed by atoms with Crippen LogP contribution in [0.2, 0.25) is 0 Å². The SMILES string of the molecule is CN(CC1(O)CCCC1)CC1(CN)CCCCCC1. The maximum absolute atomic E-state index is 10.5. The van der Waals surface area contributed by atoms with Crippen LogP contribution in [0.25, 0.3) is 0 Å². The number of nitrogens with two attached hydrogens (primary N) is 1. The van der Waals surface area contributed by atoms with Gasteiger partial charge >= 0.3 is 0 Å². The Morgan fingerprint density at radius 3 is 1.95 bits per heavy atom. The molecule has 0 aromatic rings. The molecule has 0 unspecified atom stereocenters. The Morgan fingerprint density at radius 2 is 1.42 bits per heavy atom. The summed E-state index contributed by atoms with van der Waals surface area (Å²) in [5.74, 6) is 0. The molecule has 3 nitrogen and oxygen atoms in total. The van der Waals surface area contributed by atoms with E-state index in [1.165, 1.54) is 51.4 Å². The van der Waals surface area contributed by atoms with Gasteiger partial charge in [0.15, 0.2) is 0 Å². The topological polar surface area (TPSA) is 49.5 Å². The maximum atomic E-state index is 10.5. The highest BCUT2D eigenvalue weighted by Crippen LogP contribution is 2.36. The summed E-state index contributed by atoms with van der Waals surface area (Å²) < 4.78 is 0. The lowest BCUT2D eigenvalue weighted by Crippen LogP contribution is -2.46. The van der Waals surface area contributed by atoms with Gasteiger partial charge in [0.05, 0.1) is 5.60 Å². The first-order valence-corrected chi connectivity index (χ1v) is 8.19. The highest BCUT2D eigenvalue weighted by atomic mass is 16.3. The first-order valence-electron chi connectivity index (χ1n) is 8.19. The van der Waals surface area contributed by atoms with Crippen LogP contribution in [-0.4, -0.2) is 42.3 Å². The third-order valence-electron chi connectivity index (χ3n) is 5.30. The molecule has 0 saturated heterocycles. The maximum Gasteiger partial charge on any atom is 0.0774 e. The minimum absolute atomic E-state index is 0.306. The molecule has 0 bridgehead atoms. The van der Waals surface area contributed by atoms with Gasteiger partial charge < -0.3 is 15.7 Å². The Balaban J connectivity index is 1.89. The molecule has 19 heavy (non-hydrogen) atoms. The van der Waals surface area contributed by atoms with Gasteiger partial charge in [-0.05, 0) is 44.7 Å². The van der Waals surface area contributed by atoms with E-state index < -0.39 is 5.60 Å². The summed E-state index contributed by atoms with van der Waals surface area (Å²) in [7, 11) is 2.17. The minimum Gasteiger partial charge on any atom is -0.389 e. The quantitative estimate of drug-likeness (QED) is 0.753. The van der Waals surface area contributed by atoms with Crippen molar-refractivity contribution in [2.75, 3.05) is 26.7 Å². The Hall–Kier alpha value is -0.120. The number of nitrogens with zero attached hydrogens (tertiary/aromatic N) is 1. The lowest BCUT2D eigenvalue weighted by atomic mass is 9.79. The van der Waals surface area contributed by atoms with E-state index in [1.807, 2.05) is 0 Å². The van der Waals surface area contributed by atoms with E-state index in [1.54, 1.807) is 0 Å². The zero-order chi connectivity index (χ0) is 13.8. The van der Waals surface area contributed by atoms with Crippen LogP contribution in [0.4, 0.5) is 0 Å². The van der Waals surface area contributed by atoms with Crippen LogP contribution in [0.5, 0.6) is 0 Å². The molecule has 0 aliphatic heterocycles. The van der Waals surface area contributed by atoms with Crippen LogP contribution in [0, 0.1) is 5.41 Å². The highest BCUT2D eigenvalue weighted by molar-refractivity contribution is 4.90. The summed E-state index contributed by atoms with van der Waals surface area (Å²) in [6.07, 6.45) is 12.3. The van der Waals surface area contributed by atoms with Crippen LogP contribution >= 0.6 is 0 Å². The van der Waals surface area contributed by atoms with Gasteiger partial charge in [-0.3, -0.25) is 0 Å². The molecule has 0 radical (unpaired) electrons. The van der Waals surface area contributed by atoms with Crippen LogP contribution in [0.1, 0.15) is 64.2 Å². The first kappa shape index (κ1) is 15.3. The Morgan fingerprint density at radius 1 is 0.895 bits per heavy atom. The summed E-state index contributed by atoms with van der Waals surface area (Å²) in [5, 5.41) is 10.5. The molecule has 0 heterocycles. The molecule has 0 aromatic heterocycles. The van der Waals surface area contributed by atoms with Crippen molar-refractivity contribution in [2.45, 2.75) is 69.8 Å². The van der Waals surface area contributed by atoms with Gasteiger partial charge in [-0.1, -0.05) is 38.5 Å². The van der Waals surface area contributed by atoms with E-state index >= 15 is 0 Å². The summed E-state index contributed by atoms with van der Waals surface area (Å²) in [6.45, 7) is 2.69. The lowest BCUT2D eigenvalue weighted by molar-refractivity contribution is 0.00428. The molecule has 0 spiro atoms. The van der Waals surface area contributed by atoms with Crippen molar-refractivity contribution < 1.29 is 5.11 Å². The average molecular weight is 268 g/mol. The second kappa shape index (κ2) is 6.55. The minimum atomic E-state index is -0.421. The van der Waals surface area contributed by atoms with Gasteiger partial charge in [-0.2, -0.15) is 0 Å².